The Kier molecular flexibility index (Phi) is 6.11. The van der Waals surface area contributed by atoms with E-state index in [9.17, 15) is 4.79 Å². The lowest BCUT2D eigenvalue weighted by molar-refractivity contribution is 0.0599. The van der Waals surface area contributed by atoms with E-state index in [2.05, 4.69) is 52.4 Å². The van der Waals surface area contributed by atoms with Gasteiger partial charge in [0, 0.05) is 36.6 Å². The molecule has 0 spiro atoms. The molecule has 2 aromatic heterocycles. The van der Waals surface area contributed by atoms with Crippen LogP contribution in [0.1, 0.15) is 70.4 Å². The Morgan fingerprint density at radius 2 is 1.94 bits per heavy atom. The summed E-state index contributed by atoms with van der Waals surface area (Å²) in [6.07, 6.45) is 7.75. The van der Waals surface area contributed by atoms with Gasteiger partial charge in [-0.05, 0) is 57.9 Å². The Morgan fingerprint density at radius 3 is 2.73 bits per heavy atom. The number of anilines is 1. The van der Waals surface area contributed by atoms with Crippen LogP contribution in [-0.2, 0) is 12.8 Å². The van der Waals surface area contributed by atoms with Crippen molar-refractivity contribution in [3.63, 3.8) is 0 Å². The topological polar surface area (TPSA) is 78.0 Å². The minimum atomic E-state index is -0.0950. The minimum absolute atomic E-state index is 0.0193. The fourth-order valence-electron chi connectivity index (χ4n) is 5.15. The summed E-state index contributed by atoms with van der Waals surface area (Å²) in [5.41, 5.74) is 5.10. The first-order valence-electron chi connectivity index (χ1n) is 12.1. The number of amides is 1. The fourth-order valence-corrected chi connectivity index (χ4v) is 5.15. The van der Waals surface area contributed by atoms with Gasteiger partial charge in [-0.25, -0.2) is 9.97 Å². The van der Waals surface area contributed by atoms with Gasteiger partial charge in [0.1, 0.15) is 5.82 Å². The van der Waals surface area contributed by atoms with Crippen LogP contribution in [-0.4, -0.2) is 50.6 Å². The Hall–Kier alpha value is -3.22. The van der Waals surface area contributed by atoms with E-state index in [-0.39, 0.29) is 11.9 Å². The minimum Gasteiger partial charge on any atom is -0.356 e. The van der Waals surface area contributed by atoms with E-state index < -0.39 is 0 Å². The zero-order chi connectivity index (χ0) is 22.8. The lowest BCUT2D eigenvalue weighted by Gasteiger charge is -2.36. The molecule has 1 N–H and O–H groups in total. The molecule has 1 aromatic carbocycles. The van der Waals surface area contributed by atoms with Gasteiger partial charge in [-0.15, -0.1) is 0 Å². The summed E-state index contributed by atoms with van der Waals surface area (Å²) in [4.78, 5) is 27.8. The first-order valence-corrected chi connectivity index (χ1v) is 12.1. The molecule has 7 heteroatoms. The van der Waals surface area contributed by atoms with Crippen LogP contribution < -0.4 is 4.90 Å². The summed E-state index contributed by atoms with van der Waals surface area (Å²) < 4.78 is 0. The first kappa shape index (κ1) is 21.6. The van der Waals surface area contributed by atoms with Crippen molar-refractivity contribution >= 4 is 11.7 Å². The Bertz CT molecular complexity index is 1130. The summed E-state index contributed by atoms with van der Waals surface area (Å²) in [6, 6.07) is 10.5. The van der Waals surface area contributed by atoms with Crippen LogP contribution in [0, 0.1) is 13.8 Å². The molecular formula is C26H32N6O. The van der Waals surface area contributed by atoms with Crippen molar-refractivity contribution in [2.24, 2.45) is 0 Å². The number of aromatic nitrogens is 4. The van der Waals surface area contributed by atoms with Crippen LogP contribution in [0.2, 0.25) is 0 Å². The highest BCUT2D eigenvalue weighted by Crippen LogP contribution is 2.34. The van der Waals surface area contributed by atoms with Gasteiger partial charge in [-0.3, -0.25) is 9.89 Å². The number of rotatable bonds is 5. The number of benzene rings is 1. The van der Waals surface area contributed by atoms with Gasteiger partial charge in [0.2, 0.25) is 0 Å². The number of hydrogen-bond donors (Lipinski definition) is 1. The van der Waals surface area contributed by atoms with E-state index in [0.717, 1.165) is 81.2 Å². The molecule has 0 radical (unpaired) electrons. The van der Waals surface area contributed by atoms with E-state index in [4.69, 9.17) is 9.97 Å². The normalized spacial score (nSPS) is 18.3. The highest BCUT2D eigenvalue weighted by molar-refractivity contribution is 5.95. The van der Waals surface area contributed by atoms with E-state index in [0.29, 0.717) is 5.56 Å². The third kappa shape index (κ3) is 4.36. The van der Waals surface area contributed by atoms with Gasteiger partial charge in [0.05, 0.1) is 17.8 Å². The SMILES string of the molecule is Cc1nc([C@H]2CCCCN2C(=O)c2cn[nH]c2C)nc2c1CCCN2CCc1ccccc1. The second kappa shape index (κ2) is 9.33. The van der Waals surface area contributed by atoms with E-state index in [1.54, 1.807) is 6.20 Å². The maximum absolute atomic E-state index is 13.4. The predicted octanol–water partition coefficient (Wildman–Crippen LogP) is 4.18. The van der Waals surface area contributed by atoms with Crippen LogP contribution in [0.25, 0.3) is 0 Å². The zero-order valence-electron chi connectivity index (χ0n) is 19.5. The average Bonchev–Trinajstić information content (AvgIpc) is 3.28. The number of likely N-dealkylation sites (tertiary alicyclic amines) is 1. The molecule has 4 heterocycles. The van der Waals surface area contributed by atoms with Crippen LogP contribution in [0.5, 0.6) is 0 Å². The molecule has 1 saturated heterocycles. The lowest BCUT2D eigenvalue weighted by atomic mass is 9.98. The Balaban J connectivity index is 1.44. The van der Waals surface area contributed by atoms with Gasteiger partial charge in [0.25, 0.3) is 5.91 Å². The predicted molar refractivity (Wildman–Crippen MR) is 128 cm³/mol. The van der Waals surface area contributed by atoms with Crippen molar-refractivity contribution in [3.8, 4) is 0 Å². The van der Waals surface area contributed by atoms with Crippen LogP contribution >= 0.6 is 0 Å². The molecule has 172 valence electrons. The molecule has 1 amide bonds. The van der Waals surface area contributed by atoms with Crippen molar-refractivity contribution in [1.82, 2.24) is 25.1 Å². The number of fused-ring (bicyclic) bond motifs is 1. The molecule has 5 rings (SSSR count). The van der Waals surface area contributed by atoms with E-state index in [1.165, 1.54) is 11.1 Å². The molecular weight excluding hydrogens is 412 g/mol. The van der Waals surface area contributed by atoms with Crippen molar-refractivity contribution in [2.75, 3.05) is 24.5 Å². The number of H-pyrrole nitrogens is 1. The summed E-state index contributed by atoms with van der Waals surface area (Å²) in [7, 11) is 0. The summed E-state index contributed by atoms with van der Waals surface area (Å²) in [5, 5.41) is 6.94. The van der Waals surface area contributed by atoms with Crippen LogP contribution in [0.4, 0.5) is 5.82 Å². The molecule has 3 aromatic rings. The van der Waals surface area contributed by atoms with Crippen molar-refractivity contribution in [1.29, 1.82) is 0 Å². The molecule has 1 atom stereocenters. The fraction of sp³-hybridized carbons (Fsp3) is 0.462. The molecule has 33 heavy (non-hydrogen) atoms. The number of piperidine rings is 1. The highest BCUT2D eigenvalue weighted by atomic mass is 16.2. The largest absolute Gasteiger partial charge is 0.356 e. The van der Waals surface area contributed by atoms with Gasteiger partial charge >= 0.3 is 0 Å². The Labute approximate surface area is 195 Å². The summed E-state index contributed by atoms with van der Waals surface area (Å²) >= 11 is 0. The van der Waals surface area contributed by atoms with Crippen molar-refractivity contribution in [2.45, 2.75) is 58.4 Å². The smallest absolute Gasteiger partial charge is 0.257 e. The molecule has 0 unspecified atom stereocenters. The highest BCUT2D eigenvalue weighted by Gasteiger charge is 2.33. The molecule has 1 fully saturated rings. The summed E-state index contributed by atoms with van der Waals surface area (Å²) in [6.45, 7) is 6.67. The molecule has 2 aliphatic heterocycles. The molecule has 7 nitrogen and oxygen atoms in total. The number of nitrogens with zero attached hydrogens (tertiary/aromatic N) is 5. The molecule has 0 saturated carbocycles. The lowest BCUT2D eigenvalue weighted by Crippen LogP contribution is -2.40. The maximum atomic E-state index is 13.4. The molecule has 0 aliphatic carbocycles. The zero-order valence-corrected chi connectivity index (χ0v) is 19.5. The maximum Gasteiger partial charge on any atom is 0.257 e. The standard InChI is InChI=1S/C26H32N6O/c1-18-21-11-8-14-31(16-13-20-9-4-3-5-10-20)25(21)29-24(28-18)23-12-6-7-15-32(23)26(33)22-17-27-30-19(22)2/h3-5,9-10,17,23H,6-8,11-16H2,1-2H3,(H,27,30)/t23-/m1/s1. The third-order valence-electron chi connectivity index (χ3n) is 7.00. The van der Waals surface area contributed by atoms with E-state index >= 15 is 0 Å². The first-order chi connectivity index (χ1) is 16.1. The summed E-state index contributed by atoms with van der Waals surface area (Å²) in [5.74, 6) is 1.87. The number of aryl methyl sites for hydroxylation is 2. The van der Waals surface area contributed by atoms with Crippen molar-refractivity contribution in [3.05, 3.63) is 70.4 Å². The number of hydrogen-bond acceptors (Lipinski definition) is 5. The van der Waals surface area contributed by atoms with Crippen molar-refractivity contribution < 1.29 is 4.79 Å². The molecule has 0 bridgehead atoms. The monoisotopic (exact) mass is 444 g/mol. The average molecular weight is 445 g/mol. The number of nitrogens with one attached hydrogen (secondary N) is 1. The second-order valence-electron chi connectivity index (χ2n) is 9.21. The Morgan fingerprint density at radius 1 is 1.09 bits per heavy atom. The quantitative estimate of drug-likeness (QED) is 0.639. The van der Waals surface area contributed by atoms with Gasteiger partial charge < -0.3 is 9.80 Å². The van der Waals surface area contributed by atoms with Crippen LogP contribution in [0.3, 0.4) is 0 Å². The van der Waals surface area contributed by atoms with Gasteiger partial charge in [-0.1, -0.05) is 30.3 Å². The van der Waals surface area contributed by atoms with Gasteiger partial charge in [0.15, 0.2) is 5.82 Å². The number of carbonyl (C=O) groups is 1. The second-order valence-corrected chi connectivity index (χ2v) is 9.21. The molecule has 2 aliphatic rings. The third-order valence-corrected chi connectivity index (χ3v) is 7.00. The van der Waals surface area contributed by atoms with Crippen LogP contribution in [0.15, 0.2) is 36.5 Å². The number of carbonyl (C=O) groups excluding carboxylic acids is 1. The number of aromatic amines is 1. The van der Waals surface area contributed by atoms with E-state index in [1.807, 2.05) is 11.8 Å². The van der Waals surface area contributed by atoms with Gasteiger partial charge in [-0.2, -0.15) is 5.10 Å².